The van der Waals surface area contributed by atoms with Crippen LogP contribution >= 0.6 is 0 Å². The van der Waals surface area contributed by atoms with Crippen molar-refractivity contribution in [1.29, 1.82) is 0 Å². The van der Waals surface area contributed by atoms with Gasteiger partial charge in [-0.25, -0.2) is 0 Å². The van der Waals surface area contributed by atoms with Crippen molar-refractivity contribution in [2.45, 2.75) is 284 Å². The summed E-state index contributed by atoms with van der Waals surface area (Å²) < 4.78 is 16.8. The highest BCUT2D eigenvalue weighted by atomic mass is 16.6. The number of allylic oxidation sites excluding steroid dienone is 18. The molecule has 0 aromatic heterocycles. The summed E-state index contributed by atoms with van der Waals surface area (Å²) in [5.74, 6) is -0.986. The molecule has 0 fully saturated rings. The van der Waals surface area contributed by atoms with Crippen molar-refractivity contribution >= 4 is 17.9 Å². The van der Waals surface area contributed by atoms with E-state index in [1.165, 1.54) is 116 Å². The van der Waals surface area contributed by atoms with E-state index in [4.69, 9.17) is 14.2 Å². The second-order valence-corrected chi connectivity index (χ2v) is 19.9. The molecule has 0 spiro atoms. The standard InChI is InChI=1S/C67H112O6/c1-4-7-10-13-16-19-22-25-28-31-32-33-34-37-39-42-45-48-51-54-57-60-66(69)72-63-64(73-67(70)61-58-55-52-49-46-43-40-36-30-27-24-21-18-15-12-9-6-3)62-71-65(68)59-56-53-50-47-44-41-38-35-29-26-23-20-17-14-11-8-5-2/h8-9,11-12,17-18,20-21,26-27,29-30,38,40-41,43,49,52,64H,4-7,10,13-16,19,22-25,28,31-37,39,42,44-48,50-51,53-63H2,1-3H3/b11-8-,12-9-,20-17-,21-18-,29-26-,30-27-,41-38-,43-40-,52-49-/t64-/m1/s1. The lowest BCUT2D eigenvalue weighted by atomic mass is 10.0. The van der Waals surface area contributed by atoms with Crippen LogP contribution in [0.2, 0.25) is 0 Å². The molecule has 6 heteroatoms. The Bertz CT molecular complexity index is 1490. The topological polar surface area (TPSA) is 78.9 Å². The number of rotatable bonds is 54. The Hall–Kier alpha value is -3.93. The van der Waals surface area contributed by atoms with E-state index < -0.39 is 6.10 Å². The quantitative estimate of drug-likeness (QED) is 0.0261. The average molecular weight is 1010 g/mol. The van der Waals surface area contributed by atoms with Crippen LogP contribution in [0.15, 0.2) is 109 Å². The second kappa shape index (κ2) is 60.6. The summed E-state index contributed by atoms with van der Waals surface area (Å²) in [5, 5.41) is 0. The van der Waals surface area contributed by atoms with E-state index in [9.17, 15) is 14.4 Å². The van der Waals surface area contributed by atoms with Gasteiger partial charge in [0, 0.05) is 19.3 Å². The normalized spacial score (nSPS) is 12.9. The van der Waals surface area contributed by atoms with Crippen molar-refractivity contribution in [2.75, 3.05) is 13.2 Å². The van der Waals surface area contributed by atoms with Gasteiger partial charge in [0.25, 0.3) is 0 Å². The van der Waals surface area contributed by atoms with Crippen LogP contribution in [0.1, 0.15) is 278 Å². The predicted octanol–water partition coefficient (Wildman–Crippen LogP) is 20.7. The Morgan fingerprint density at radius 2 is 0.548 bits per heavy atom. The molecule has 0 amide bonds. The van der Waals surface area contributed by atoms with Gasteiger partial charge < -0.3 is 14.2 Å². The third kappa shape index (κ3) is 58.8. The molecule has 0 saturated heterocycles. The maximum absolute atomic E-state index is 12.9. The predicted molar refractivity (Wildman–Crippen MR) is 316 cm³/mol. The first-order valence-corrected chi connectivity index (χ1v) is 30.4. The fraction of sp³-hybridized carbons (Fsp3) is 0.687. The molecule has 0 aromatic carbocycles. The lowest BCUT2D eigenvalue weighted by Gasteiger charge is -2.18. The van der Waals surface area contributed by atoms with Gasteiger partial charge >= 0.3 is 17.9 Å². The minimum absolute atomic E-state index is 0.108. The van der Waals surface area contributed by atoms with Gasteiger partial charge in [0.1, 0.15) is 13.2 Å². The van der Waals surface area contributed by atoms with Gasteiger partial charge in [-0.15, -0.1) is 0 Å². The monoisotopic (exact) mass is 1010 g/mol. The molecule has 0 radical (unpaired) electrons. The zero-order valence-corrected chi connectivity index (χ0v) is 47.6. The third-order valence-electron chi connectivity index (χ3n) is 12.8. The zero-order chi connectivity index (χ0) is 52.9. The number of esters is 3. The van der Waals surface area contributed by atoms with E-state index in [1.54, 1.807) is 0 Å². The fourth-order valence-corrected chi connectivity index (χ4v) is 8.29. The maximum atomic E-state index is 12.9. The van der Waals surface area contributed by atoms with Gasteiger partial charge in [0.05, 0.1) is 0 Å². The Morgan fingerprint density at radius 3 is 0.877 bits per heavy atom. The van der Waals surface area contributed by atoms with Gasteiger partial charge in [-0.1, -0.05) is 271 Å². The number of carbonyl (C=O) groups excluding carboxylic acids is 3. The molecule has 0 unspecified atom stereocenters. The summed E-state index contributed by atoms with van der Waals surface area (Å²) in [4.78, 5) is 38.2. The van der Waals surface area contributed by atoms with Crippen LogP contribution < -0.4 is 0 Å². The second-order valence-electron chi connectivity index (χ2n) is 19.9. The lowest BCUT2D eigenvalue weighted by molar-refractivity contribution is -0.167. The van der Waals surface area contributed by atoms with Crippen molar-refractivity contribution in [3.8, 4) is 0 Å². The van der Waals surface area contributed by atoms with Crippen LogP contribution in [0.4, 0.5) is 0 Å². The van der Waals surface area contributed by atoms with Crippen molar-refractivity contribution in [1.82, 2.24) is 0 Å². The molecule has 0 aliphatic rings. The zero-order valence-electron chi connectivity index (χ0n) is 47.6. The van der Waals surface area contributed by atoms with Crippen molar-refractivity contribution < 1.29 is 28.6 Å². The summed E-state index contributed by atoms with van der Waals surface area (Å²) in [7, 11) is 0. The van der Waals surface area contributed by atoms with Crippen molar-refractivity contribution in [3.63, 3.8) is 0 Å². The number of hydrogen-bond donors (Lipinski definition) is 0. The van der Waals surface area contributed by atoms with E-state index in [0.29, 0.717) is 19.3 Å². The van der Waals surface area contributed by atoms with Gasteiger partial charge in [-0.3, -0.25) is 14.4 Å². The number of ether oxygens (including phenoxy) is 3. The molecule has 0 aliphatic heterocycles. The van der Waals surface area contributed by atoms with Crippen LogP contribution in [0.25, 0.3) is 0 Å². The molecule has 6 nitrogen and oxygen atoms in total. The first-order chi connectivity index (χ1) is 36.0. The van der Waals surface area contributed by atoms with Crippen LogP contribution in [-0.2, 0) is 28.6 Å². The molecule has 1 atom stereocenters. The molecule has 0 aromatic rings. The molecule has 0 N–H and O–H groups in total. The number of unbranched alkanes of at least 4 members (excludes halogenated alkanes) is 25. The van der Waals surface area contributed by atoms with E-state index in [0.717, 1.165) is 116 Å². The Kier molecular flexibility index (Phi) is 57.4. The molecule has 0 rings (SSSR count). The highest BCUT2D eigenvalue weighted by Crippen LogP contribution is 2.16. The molecular weight excluding hydrogens is 901 g/mol. The molecule has 0 saturated carbocycles. The number of hydrogen-bond acceptors (Lipinski definition) is 6. The van der Waals surface area contributed by atoms with E-state index >= 15 is 0 Å². The highest BCUT2D eigenvalue weighted by Gasteiger charge is 2.19. The molecule has 73 heavy (non-hydrogen) atoms. The van der Waals surface area contributed by atoms with Gasteiger partial charge in [0.15, 0.2) is 6.10 Å². The third-order valence-corrected chi connectivity index (χ3v) is 12.8. The van der Waals surface area contributed by atoms with Crippen LogP contribution in [0.3, 0.4) is 0 Å². The lowest BCUT2D eigenvalue weighted by Crippen LogP contribution is -2.30. The summed E-state index contributed by atoms with van der Waals surface area (Å²) in [6.07, 6.45) is 82.4. The van der Waals surface area contributed by atoms with E-state index in [-0.39, 0.29) is 37.5 Å². The van der Waals surface area contributed by atoms with Crippen molar-refractivity contribution in [3.05, 3.63) is 109 Å². The highest BCUT2D eigenvalue weighted by molar-refractivity contribution is 5.71. The van der Waals surface area contributed by atoms with Crippen LogP contribution in [0.5, 0.6) is 0 Å². The molecule has 0 bridgehead atoms. The van der Waals surface area contributed by atoms with Gasteiger partial charge in [-0.05, 0) is 96.3 Å². The van der Waals surface area contributed by atoms with Gasteiger partial charge in [-0.2, -0.15) is 0 Å². The fourth-order valence-electron chi connectivity index (χ4n) is 8.29. The minimum Gasteiger partial charge on any atom is -0.462 e. The summed E-state index contributed by atoms with van der Waals surface area (Å²) >= 11 is 0. The van der Waals surface area contributed by atoms with Crippen molar-refractivity contribution in [2.24, 2.45) is 0 Å². The average Bonchev–Trinajstić information content (AvgIpc) is 3.39. The Balaban J connectivity index is 4.46. The van der Waals surface area contributed by atoms with Crippen LogP contribution in [-0.4, -0.2) is 37.2 Å². The molecule has 416 valence electrons. The summed E-state index contributed by atoms with van der Waals surface area (Å²) in [6, 6.07) is 0. The summed E-state index contributed by atoms with van der Waals surface area (Å²) in [6.45, 7) is 6.37. The van der Waals surface area contributed by atoms with Gasteiger partial charge in [0.2, 0.25) is 0 Å². The largest absolute Gasteiger partial charge is 0.462 e. The molecule has 0 heterocycles. The minimum atomic E-state index is -0.820. The van der Waals surface area contributed by atoms with Crippen LogP contribution in [0, 0.1) is 0 Å². The Labute approximate surface area is 450 Å². The van der Waals surface area contributed by atoms with E-state index in [2.05, 4.69) is 130 Å². The maximum Gasteiger partial charge on any atom is 0.306 e. The number of carbonyl (C=O) groups is 3. The first-order valence-electron chi connectivity index (χ1n) is 30.4. The smallest absolute Gasteiger partial charge is 0.306 e. The molecular formula is C67H112O6. The first kappa shape index (κ1) is 69.1. The SMILES string of the molecule is CC/C=C\C/C=C\C/C=C\C/C=C\C/C=C\CCCC(=O)O[C@H](COC(=O)CCCCCC/C=C\C/C=C\C/C=C\C/C=C\CC)COC(=O)CCCCCCCCCCCCCCCCCCCCCCC. The van der Waals surface area contributed by atoms with E-state index in [1.807, 2.05) is 0 Å². The Morgan fingerprint density at radius 1 is 0.288 bits per heavy atom. The molecule has 0 aliphatic carbocycles. The summed E-state index contributed by atoms with van der Waals surface area (Å²) in [5.41, 5.74) is 0.